The lowest BCUT2D eigenvalue weighted by Crippen LogP contribution is -2.17. The highest BCUT2D eigenvalue weighted by atomic mass is 16.6. The van der Waals surface area contributed by atoms with Gasteiger partial charge in [0.15, 0.2) is 0 Å². The summed E-state index contributed by atoms with van der Waals surface area (Å²) in [5.74, 6) is 0.279. The number of aromatic nitrogens is 2. The summed E-state index contributed by atoms with van der Waals surface area (Å²) in [6.45, 7) is 2.50. The van der Waals surface area contributed by atoms with Crippen molar-refractivity contribution in [3.05, 3.63) is 76.0 Å². The molecule has 2 N–H and O–H groups in total. The Kier molecular flexibility index (Phi) is 5.75. The van der Waals surface area contributed by atoms with Crippen LogP contribution in [0, 0.1) is 10.1 Å². The summed E-state index contributed by atoms with van der Waals surface area (Å²) in [6.07, 6.45) is 1.51. The number of amides is 1. The average Bonchev–Trinajstić information content (AvgIpc) is 3.20. The maximum atomic E-state index is 12.2. The predicted octanol–water partition coefficient (Wildman–Crippen LogP) is 3.15. The molecular weight excluding hydrogens is 362 g/mol. The van der Waals surface area contributed by atoms with Gasteiger partial charge in [-0.05, 0) is 42.8 Å². The van der Waals surface area contributed by atoms with Gasteiger partial charge in [0.25, 0.3) is 11.6 Å². The molecule has 3 rings (SSSR count). The molecule has 0 atom stereocenters. The van der Waals surface area contributed by atoms with E-state index in [0.717, 1.165) is 11.3 Å². The van der Waals surface area contributed by atoms with E-state index in [-0.39, 0.29) is 11.4 Å². The van der Waals surface area contributed by atoms with Crippen LogP contribution in [0.3, 0.4) is 0 Å². The second-order valence-electron chi connectivity index (χ2n) is 5.68. The summed E-state index contributed by atoms with van der Waals surface area (Å²) in [7, 11) is 0. The molecule has 142 valence electrons. The van der Waals surface area contributed by atoms with Crippen LogP contribution in [0.15, 0.2) is 59.7 Å². The first-order valence-corrected chi connectivity index (χ1v) is 8.43. The minimum atomic E-state index is -0.487. The van der Waals surface area contributed by atoms with Crippen molar-refractivity contribution in [1.82, 2.24) is 15.6 Å². The molecule has 28 heavy (non-hydrogen) atoms. The molecule has 9 nitrogen and oxygen atoms in total. The number of aromatic amines is 1. The molecule has 0 saturated heterocycles. The Morgan fingerprint density at radius 2 is 2.07 bits per heavy atom. The molecule has 9 heteroatoms. The third-order valence-corrected chi connectivity index (χ3v) is 3.75. The van der Waals surface area contributed by atoms with Gasteiger partial charge in [-0.1, -0.05) is 12.1 Å². The Labute approximate surface area is 160 Å². The molecule has 0 aliphatic heterocycles. The zero-order chi connectivity index (χ0) is 19.9. The highest BCUT2D eigenvalue weighted by Gasteiger charge is 2.13. The molecule has 0 bridgehead atoms. The van der Waals surface area contributed by atoms with Crippen LogP contribution in [0.4, 0.5) is 5.69 Å². The largest absolute Gasteiger partial charge is 0.494 e. The molecular formula is C19H17N5O4. The zero-order valence-corrected chi connectivity index (χ0v) is 15.0. The van der Waals surface area contributed by atoms with Crippen LogP contribution >= 0.6 is 0 Å². The first-order chi connectivity index (χ1) is 13.6. The standard InChI is InChI=1S/C19H17N5O4/c1-2-28-16-8-6-13(7-9-16)12-20-23-19(25)18-11-17(21-22-18)14-4-3-5-15(10-14)24(26)27/h3-12H,2H2,1H3,(H,21,22)(H,23,25)/b20-12-. The number of ether oxygens (including phenoxy) is 1. The molecule has 0 saturated carbocycles. The Balaban J connectivity index is 1.64. The number of carbonyl (C=O) groups excluding carboxylic acids is 1. The maximum absolute atomic E-state index is 12.2. The maximum Gasteiger partial charge on any atom is 0.289 e. The molecule has 3 aromatic rings. The van der Waals surface area contributed by atoms with Gasteiger partial charge in [0.1, 0.15) is 11.4 Å². The fourth-order valence-electron chi connectivity index (χ4n) is 2.41. The Bertz CT molecular complexity index is 1010. The summed E-state index contributed by atoms with van der Waals surface area (Å²) in [4.78, 5) is 22.6. The lowest BCUT2D eigenvalue weighted by atomic mass is 10.1. The summed E-state index contributed by atoms with van der Waals surface area (Å²) >= 11 is 0. The van der Waals surface area contributed by atoms with Crippen molar-refractivity contribution < 1.29 is 14.5 Å². The third kappa shape index (κ3) is 4.58. The Morgan fingerprint density at radius 1 is 1.29 bits per heavy atom. The van der Waals surface area contributed by atoms with E-state index in [9.17, 15) is 14.9 Å². The number of nitrogens with zero attached hydrogens (tertiary/aromatic N) is 3. The van der Waals surface area contributed by atoms with Crippen LogP contribution in [0.25, 0.3) is 11.3 Å². The number of hydrazone groups is 1. The Morgan fingerprint density at radius 3 is 2.79 bits per heavy atom. The lowest BCUT2D eigenvalue weighted by molar-refractivity contribution is -0.384. The fraction of sp³-hybridized carbons (Fsp3) is 0.105. The van der Waals surface area contributed by atoms with Crippen molar-refractivity contribution in [3.8, 4) is 17.0 Å². The van der Waals surface area contributed by atoms with Crippen molar-refractivity contribution in [1.29, 1.82) is 0 Å². The van der Waals surface area contributed by atoms with E-state index in [0.29, 0.717) is 17.9 Å². The molecule has 0 radical (unpaired) electrons. The first-order valence-electron chi connectivity index (χ1n) is 8.43. The van der Waals surface area contributed by atoms with Crippen molar-refractivity contribution in [2.24, 2.45) is 5.10 Å². The van der Waals surface area contributed by atoms with Crippen LogP contribution in [-0.2, 0) is 0 Å². The van der Waals surface area contributed by atoms with Crippen LogP contribution < -0.4 is 10.2 Å². The number of carbonyl (C=O) groups is 1. The first kappa shape index (κ1) is 18.8. The zero-order valence-electron chi connectivity index (χ0n) is 15.0. The van der Waals surface area contributed by atoms with E-state index in [1.54, 1.807) is 12.1 Å². The van der Waals surface area contributed by atoms with Gasteiger partial charge in [-0.2, -0.15) is 10.2 Å². The SMILES string of the molecule is CCOc1ccc(/C=N\NC(=O)c2cc(-c3cccc([N+](=O)[O-])c3)n[nH]2)cc1. The normalized spacial score (nSPS) is 10.8. The van der Waals surface area contributed by atoms with Crippen LogP contribution in [0.5, 0.6) is 5.75 Å². The quantitative estimate of drug-likeness (QED) is 0.371. The molecule has 1 amide bonds. The van der Waals surface area contributed by atoms with Gasteiger partial charge in [0.05, 0.1) is 23.4 Å². The van der Waals surface area contributed by atoms with E-state index in [1.807, 2.05) is 31.2 Å². The number of non-ortho nitro benzene ring substituents is 1. The number of nitrogens with one attached hydrogen (secondary N) is 2. The summed E-state index contributed by atoms with van der Waals surface area (Å²) < 4.78 is 5.36. The Hall–Kier alpha value is -4.01. The molecule has 2 aromatic carbocycles. The van der Waals surface area contributed by atoms with E-state index in [2.05, 4.69) is 20.7 Å². The number of hydrogen-bond donors (Lipinski definition) is 2. The van der Waals surface area contributed by atoms with Crippen molar-refractivity contribution in [2.75, 3.05) is 6.61 Å². The second-order valence-corrected chi connectivity index (χ2v) is 5.68. The average molecular weight is 379 g/mol. The van der Waals surface area contributed by atoms with Gasteiger partial charge in [0, 0.05) is 17.7 Å². The molecule has 0 aliphatic carbocycles. The molecule has 0 spiro atoms. The minimum absolute atomic E-state index is 0.0496. The summed E-state index contributed by atoms with van der Waals surface area (Å²) in [5, 5.41) is 21.4. The third-order valence-electron chi connectivity index (χ3n) is 3.75. The second kappa shape index (κ2) is 8.58. The summed E-state index contributed by atoms with van der Waals surface area (Å²) in [5.41, 5.74) is 4.28. The minimum Gasteiger partial charge on any atom is -0.494 e. The van der Waals surface area contributed by atoms with Gasteiger partial charge in [-0.3, -0.25) is 20.0 Å². The molecule has 1 heterocycles. The van der Waals surface area contributed by atoms with Crippen molar-refractivity contribution >= 4 is 17.8 Å². The summed E-state index contributed by atoms with van der Waals surface area (Å²) in [6, 6.07) is 14.8. The van der Waals surface area contributed by atoms with E-state index >= 15 is 0 Å². The van der Waals surface area contributed by atoms with E-state index in [1.165, 1.54) is 24.4 Å². The number of hydrogen-bond acceptors (Lipinski definition) is 6. The number of nitro benzene ring substituents is 1. The predicted molar refractivity (Wildman–Crippen MR) is 103 cm³/mol. The number of nitro groups is 1. The van der Waals surface area contributed by atoms with E-state index in [4.69, 9.17) is 4.74 Å². The van der Waals surface area contributed by atoms with Crippen LogP contribution in [0.1, 0.15) is 23.0 Å². The highest BCUT2D eigenvalue weighted by Crippen LogP contribution is 2.22. The molecule has 0 fully saturated rings. The monoisotopic (exact) mass is 379 g/mol. The molecule has 0 unspecified atom stereocenters. The smallest absolute Gasteiger partial charge is 0.289 e. The van der Waals surface area contributed by atoms with Crippen LogP contribution in [0.2, 0.25) is 0 Å². The van der Waals surface area contributed by atoms with Gasteiger partial charge in [0.2, 0.25) is 0 Å². The van der Waals surface area contributed by atoms with Crippen molar-refractivity contribution in [2.45, 2.75) is 6.92 Å². The highest BCUT2D eigenvalue weighted by molar-refractivity contribution is 5.94. The number of H-pyrrole nitrogens is 1. The van der Waals surface area contributed by atoms with Crippen molar-refractivity contribution in [3.63, 3.8) is 0 Å². The molecule has 0 aliphatic rings. The topological polar surface area (TPSA) is 123 Å². The van der Waals surface area contributed by atoms with Gasteiger partial charge in [-0.15, -0.1) is 0 Å². The number of rotatable bonds is 7. The number of benzene rings is 2. The van der Waals surface area contributed by atoms with Gasteiger partial charge in [-0.25, -0.2) is 5.43 Å². The van der Waals surface area contributed by atoms with Gasteiger partial charge >= 0.3 is 0 Å². The van der Waals surface area contributed by atoms with Crippen LogP contribution in [-0.4, -0.2) is 33.8 Å². The fourth-order valence-corrected chi connectivity index (χ4v) is 2.41. The lowest BCUT2D eigenvalue weighted by Gasteiger charge is -2.02. The van der Waals surface area contributed by atoms with Gasteiger partial charge < -0.3 is 4.74 Å². The molecule has 1 aromatic heterocycles. The van der Waals surface area contributed by atoms with E-state index < -0.39 is 10.8 Å².